The Kier molecular flexibility index (Phi) is 5.33. The maximum Gasteiger partial charge on any atom is 0.239 e. The molecule has 1 aromatic carbocycles. The summed E-state index contributed by atoms with van der Waals surface area (Å²) in [6.07, 6.45) is 2.75. The van der Waals surface area contributed by atoms with Crippen LogP contribution in [0.3, 0.4) is 0 Å². The average molecular weight is 236 g/mol. The zero-order chi connectivity index (χ0) is 12.7. The van der Waals surface area contributed by atoms with E-state index in [0.717, 1.165) is 30.7 Å². The second-order valence-corrected chi connectivity index (χ2v) is 3.94. The molecule has 0 radical (unpaired) electrons. The summed E-state index contributed by atoms with van der Waals surface area (Å²) in [7, 11) is 1.60. The molecular weight excluding hydrogens is 216 g/mol. The Bertz CT molecular complexity index is 366. The topological polar surface area (TPSA) is 64.3 Å². The first-order valence-electron chi connectivity index (χ1n) is 5.88. The molecule has 0 spiro atoms. The fourth-order valence-electron chi connectivity index (χ4n) is 1.65. The van der Waals surface area contributed by atoms with Crippen LogP contribution in [0, 0.1) is 0 Å². The molecule has 1 unspecified atom stereocenters. The Morgan fingerprint density at radius 2 is 2.18 bits per heavy atom. The molecule has 94 valence electrons. The van der Waals surface area contributed by atoms with E-state index < -0.39 is 0 Å². The fraction of sp³-hybridized carbons (Fsp3) is 0.462. The van der Waals surface area contributed by atoms with Crippen molar-refractivity contribution in [1.82, 2.24) is 0 Å². The summed E-state index contributed by atoms with van der Waals surface area (Å²) in [5.41, 5.74) is 6.18. The summed E-state index contributed by atoms with van der Waals surface area (Å²) in [6, 6.07) is 7.16. The van der Waals surface area contributed by atoms with Crippen LogP contribution in [0.15, 0.2) is 24.3 Å². The lowest BCUT2D eigenvalue weighted by atomic mass is 10.1. The molecule has 0 bridgehead atoms. The Labute approximate surface area is 102 Å². The van der Waals surface area contributed by atoms with Gasteiger partial charge in [-0.05, 0) is 18.6 Å². The fourth-order valence-corrected chi connectivity index (χ4v) is 1.65. The SMILES string of the molecule is CCCCC(Nc1ccccc1OC)C(N)=O. The molecule has 0 aromatic heterocycles. The van der Waals surface area contributed by atoms with Crippen molar-refractivity contribution < 1.29 is 9.53 Å². The number of hydrogen-bond acceptors (Lipinski definition) is 3. The molecule has 0 saturated heterocycles. The van der Waals surface area contributed by atoms with E-state index in [0.29, 0.717) is 0 Å². The van der Waals surface area contributed by atoms with Gasteiger partial charge in [-0.15, -0.1) is 0 Å². The van der Waals surface area contributed by atoms with E-state index in [-0.39, 0.29) is 11.9 Å². The van der Waals surface area contributed by atoms with E-state index in [1.165, 1.54) is 0 Å². The van der Waals surface area contributed by atoms with Crippen molar-refractivity contribution in [2.75, 3.05) is 12.4 Å². The average Bonchev–Trinajstić information content (AvgIpc) is 2.34. The van der Waals surface area contributed by atoms with Crippen LogP contribution in [-0.4, -0.2) is 19.1 Å². The molecule has 1 amide bonds. The van der Waals surface area contributed by atoms with Gasteiger partial charge >= 0.3 is 0 Å². The lowest BCUT2D eigenvalue weighted by molar-refractivity contribution is -0.118. The lowest BCUT2D eigenvalue weighted by Crippen LogP contribution is -2.35. The second kappa shape index (κ2) is 6.78. The third kappa shape index (κ3) is 3.98. The summed E-state index contributed by atoms with van der Waals surface area (Å²) in [5, 5.41) is 3.13. The molecule has 4 nitrogen and oxygen atoms in total. The third-order valence-electron chi connectivity index (χ3n) is 2.63. The quantitative estimate of drug-likeness (QED) is 0.762. The molecule has 0 aliphatic heterocycles. The number of nitrogens with one attached hydrogen (secondary N) is 1. The monoisotopic (exact) mass is 236 g/mol. The maximum atomic E-state index is 11.3. The van der Waals surface area contributed by atoms with Gasteiger partial charge in [-0.1, -0.05) is 31.9 Å². The number of primary amides is 1. The number of nitrogens with two attached hydrogens (primary N) is 1. The van der Waals surface area contributed by atoms with Crippen LogP contribution >= 0.6 is 0 Å². The minimum atomic E-state index is -0.341. The zero-order valence-electron chi connectivity index (χ0n) is 10.4. The second-order valence-electron chi connectivity index (χ2n) is 3.94. The van der Waals surface area contributed by atoms with Crippen LogP contribution in [-0.2, 0) is 4.79 Å². The van der Waals surface area contributed by atoms with Crippen LogP contribution in [0.4, 0.5) is 5.69 Å². The molecule has 1 aromatic rings. The number of para-hydroxylation sites is 2. The van der Waals surface area contributed by atoms with Gasteiger partial charge < -0.3 is 15.8 Å². The molecule has 4 heteroatoms. The van der Waals surface area contributed by atoms with Crippen molar-refractivity contribution in [1.29, 1.82) is 0 Å². The molecule has 1 atom stereocenters. The minimum absolute atomic E-state index is 0.329. The summed E-state index contributed by atoms with van der Waals surface area (Å²) >= 11 is 0. The molecule has 0 aliphatic carbocycles. The zero-order valence-corrected chi connectivity index (χ0v) is 10.4. The predicted molar refractivity (Wildman–Crippen MR) is 69.1 cm³/mol. The lowest BCUT2D eigenvalue weighted by Gasteiger charge is -2.18. The van der Waals surface area contributed by atoms with Crippen molar-refractivity contribution in [3.8, 4) is 5.75 Å². The number of unbranched alkanes of at least 4 members (excludes halogenated alkanes) is 1. The van der Waals surface area contributed by atoms with Gasteiger partial charge in [-0.3, -0.25) is 4.79 Å². The molecule has 17 heavy (non-hydrogen) atoms. The number of rotatable bonds is 7. The molecule has 3 N–H and O–H groups in total. The number of carbonyl (C=O) groups is 1. The van der Waals surface area contributed by atoms with Gasteiger partial charge in [-0.2, -0.15) is 0 Å². The van der Waals surface area contributed by atoms with E-state index >= 15 is 0 Å². The normalized spacial score (nSPS) is 11.9. The number of anilines is 1. The first kappa shape index (κ1) is 13.4. The summed E-state index contributed by atoms with van der Waals surface area (Å²) < 4.78 is 5.22. The van der Waals surface area contributed by atoms with Crippen LogP contribution in [0.25, 0.3) is 0 Å². The van der Waals surface area contributed by atoms with E-state index in [2.05, 4.69) is 12.2 Å². The Hall–Kier alpha value is -1.71. The maximum absolute atomic E-state index is 11.3. The van der Waals surface area contributed by atoms with Gasteiger partial charge in [0.2, 0.25) is 5.91 Å². The first-order valence-corrected chi connectivity index (χ1v) is 5.88. The van der Waals surface area contributed by atoms with Crippen molar-refractivity contribution in [3.05, 3.63) is 24.3 Å². The largest absolute Gasteiger partial charge is 0.495 e. The minimum Gasteiger partial charge on any atom is -0.495 e. The number of amides is 1. The number of hydrogen-bond donors (Lipinski definition) is 2. The molecule has 0 heterocycles. The van der Waals surface area contributed by atoms with E-state index in [4.69, 9.17) is 10.5 Å². The smallest absolute Gasteiger partial charge is 0.239 e. The van der Waals surface area contributed by atoms with Crippen LogP contribution in [0.2, 0.25) is 0 Å². The highest BCUT2D eigenvalue weighted by Crippen LogP contribution is 2.24. The Morgan fingerprint density at radius 1 is 1.47 bits per heavy atom. The van der Waals surface area contributed by atoms with E-state index in [1.807, 2.05) is 24.3 Å². The first-order chi connectivity index (χ1) is 8.19. The number of carbonyl (C=O) groups excluding carboxylic acids is 1. The highest BCUT2D eigenvalue weighted by molar-refractivity contribution is 5.83. The highest BCUT2D eigenvalue weighted by atomic mass is 16.5. The standard InChI is InChI=1S/C13H20N2O2/c1-3-4-7-11(13(14)16)15-10-8-5-6-9-12(10)17-2/h5-6,8-9,11,15H,3-4,7H2,1-2H3,(H2,14,16). The number of ether oxygens (including phenoxy) is 1. The van der Waals surface area contributed by atoms with Crippen LogP contribution < -0.4 is 15.8 Å². The van der Waals surface area contributed by atoms with Gasteiger partial charge in [0.1, 0.15) is 11.8 Å². The van der Waals surface area contributed by atoms with Crippen LogP contribution in [0.5, 0.6) is 5.75 Å². The summed E-state index contributed by atoms with van der Waals surface area (Å²) in [6.45, 7) is 2.08. The van der Waals surface area contributed by atoms with Gasteiger partial charge in [0, 0.05) is 0 Å². The van der Waals surface area contributed by atoms with Crippen molar-refractivity contribution in [3.63, 3.8) is 0 Å². The van der Waals surface area contributed by atoms with Crippen molar-refractivity contribution in [2.24, 2.45) is 5.73 Å². The highest BCUT2D eigenvalue weighted by Gasteiger charge is 2.15. The van der Waals surface area contributed by atoms with Gasteiger partial charge in [0.05, 0.1) is 12.8 Å². The van der Waals surface area contributed by atoms with Crippen LogP contribution in [0.1, 0.15) is 26.2 Å². The summed E-state index contributed by atoms with van der Waals surface area (Å²) in [4.78, 5) is 11.3. The molecule has 0 fully saturated rings. The number of methoxy groups -OCH3 is 1. The van der Waals surface area contributed by atoms with E-state index in [9.17, 15) is 4.79 Å². The van der Waals surface area contributed by atoms with Gasteiger partial charge in [0.25, 0.3) is 0 Å². The van der Waals surface area contributed by atoms with Gasteiger partial charge in [-0.25, -0.2) is 0 Å². The predicted octanol–water partition coefficient (Wildman–Crippen LogP) is 2.15. The van der Waals surface area contributed by atoms with Gasteiger partial charge in [0.15, 0.2) is 0 Å². The molecule has 1 rings (SSSR count). The summed E-state index contributed by atoms with van der Waals surface area (Å²) in [5.74, 6) is 0.389. The molecular formula is C13H20N2O2. The third-order valence-corrected chi connectivity index (χ3v) is 2.63. The van der Waals surface area contributed by atoms with E-state index in [1.54, 1.807) is 7.11 Å². The Morgan fingerprint density at radius 3 is 2.76 bits per heavy atom. The molecule has 0 aliphatic rings. The Balaban J connectivity index is 2.74. The molecule has 0 saturated carbocycles. The van der Waals surface area contributed by atoms with Crippen molar-refractivity contribution >= 4 is 11.6 Å². The number of benzene rings is 1. The van der Waals surface area contributed by atoms with Crippen molar-refractivity contribution in [2.45, 2.75) is 32.2 Å².